The number of hydrogen-bond acceptors (Lipinski definition) is 4. The molecule has 0 radical (unpaired) electrons. The Morgan fingerprint density at radius 1 is 1.39 bits per heavy atom. The van der Waals surface area contributed by atoms with Gasteiger partial charge in [0.15, 0.2) is 5.13 Å². The van der Waals surface area contributed by atoms with E-state index in [0.29, 0.717) is 10.8 Å². The number of hydrogen-bond donors (Lipinski definition) is 2. The van der Waals surface area contributed by atoms with E-state index in [-0.39, 0.29) is 5.91 Å². The van der Waals surface area contributed by atoms with Crippen LogP contribution in [0.1, 0.15) is 5.56 Å². The first-order valence-corrected chi connectivity index (χ1v) is 6.70. The number of aromatic nitrogens is 1. The third-order valence-corrected chi connectivity index (χ3v) is 3.46. The summed E-state index contributed by atoms with van der Waals surface area (Å²) in [4.78, 5) is 15.6. The smallest absolute Gasteiger partial charge is 0.250 e. The number of anilines is 2. The van der Waals surface area contributed by atoms with Crippen LogP contribution in [0.4, 0.5) is 10.8 Å². The molecule has 1 heterocycles. The zero-order valence-corrected chi connectivity index (χ0v) is 11.7. The molecule has 0 unspecified atom stereocenters. The van der Waals surface area contributed by atoms with Crippen molar-refractivity contribution in [3.8, 4) is 0 Å². The maximum atomic E-state index is 11.6. The summed E-state index contributed by atoms with van der Waals surface area (Å²) in [5.74, 6) is -0.214. The predicted molar refractivity (Wildman–Crippen MR) is 78.3 cm³/mol. The van der Waals surface area contributed by atoms with Gasteiger partial charge in [0.25, 0.3) is 0 Å². The molecular formula is C12H10BrN3OS. The number of nitrogens with one attached hydrogen (secondary N) is 1. The van der Waals surface area contributed by atoms with E-state index in [9.17, 15) is 4.79 Å². The van der Waals surface area contributed by atoms with Gasteiger partial charge in [-0.3, -0.25) is 10.1 Å². The van der Waals surface area contributed by atoms with Crippen molar-refractivity contribution in [1.82, 2.24) is 4.98 Å². The van der Waals surface area contributed by atoms with Gasteiger partial charge in [0.2, 0.25) is 5.91 Å². The van der Waals surface area contributed by atoms with Gasteiger partial charge in [-0.1, -0.05) is 23.5 Å². The third-order valence-electron chi connectivity index (χ3n) is 2.07. The van der Waals surface area contributed by atoms with E-state index in [0.717, 1.165) is 9.35 Å². The first-order chi connectivity index (χ1) is 8.63. The summed E-state index contributed by atoms with van der Waals surface area (Å²) in [5, 5.41) is 3.24. The van der Waals surface area contributed by atoms with Crippen molar-refractivity contribution in [3.05, 3.63) is 45.9 Å². The Morgan fingerprint density at radius 2 is 2.11 bits per heavy atom. The normalized spacial score (nSPS) is 10.7. The standard InChI is InChI=1S/C12H10BrN3OS/c13-10-7-15-12(18-10)16-11(17)6-3-8-1-4-9(14)5-2-8/h1-7H,14H2,(H,15,16,17)/b6-3+. The molecule has 2 aromatic rings. The lowest BCUT2D eigenvalue weighted by molar-refractivity contribution is -0.111. The minimum absolute atomic E-state index is 0.214. The first-order valence-electron chi connectivity index (χ1n) is 5.09. The highest BCUT2D eigenvalue weighted by molar-refractivity contribution is 9.11. The molecular weight excluding hydrogens is 314 g/mol. The number of nitrogens with zero attached hydrogens (tertiary/aromatic N) is 1. The van der Waals surface area contributed by atoms with Gasteiger partial charge in [-0.2, -0.15) is 0 Å². The van der Waals surface area contributed by atoms with Gasteiger partial charge < -0.3 is 5.73 Å². The maximum Gasteiger partial charge on any atom is 0.250 e. The number of nitrogen functional groups attached to an aromatic ring is 1. The van der Waals surface area contributed by atoms with Gasteiger partial charge >= 0.3 is 0 Å². The summed E-state index contributed by atoms with van der Waals surface area (Å²) < 4.78 is 0.875. The lowest BCUT2D eigenvalue weighted by Crippen LogP contribution is -2.06. The van der Waals surface area contributed by atoms with Crippen LogP contribution in [0.15, 0.2) is 40.3 Å². The molecule has 3 N–H and O–H groups in total. The molecule has 0 saturated heterocycles. The second kappa shape index (κ2) is 5.79. The van der Waals surface area contributed by atoms with Gasteiger partial charge in [0.1, 0.15) is 0 Å². The fourth-order valence-electron chi connectivity index (χ4n) is 1.24. The van der Waals surface area contributed by atoms with E-state index in [1.165, 1.54) is 17.4 Å². The fraction of sp³-hybridized carbons (Fsp3) is 0. The van der Waals surface area contributed by atoms with Crippen molar-refractivity contribution in [2.75, 3.05) is 11.1 Å². The lowest BCUT2D eigenvalue weighted by Gasteiger charge is -1.96. The topological polar surface area (TPSA) is 68.0 Å². The molecule has 2 rings (SSSR count). The van der Waals surface area contributed by atoms with E-state index in [1.807, 2.05) is 12.1 Å². The van der Waals surface area contributed by atoms with Gasteiger partial charge in [-0.25, -0.2) is 4.98 Å². The summed E-state index contributed by atoms with van der Waals surface area (Å²) >= 11 is 4.64. The molecule has 0 atom stereocenters. The molecule has 0 saturated carbocycles. The molecule has 92 valence electrons. The Hall–Kier alpha value is -1.66. The van der Waals surface area contributed by atoms with Gasteiger partial charge in [-0.15, -0.1) is 0 Å². The van der Waals surface area contributed by atoms with Crippen LogP contribution in [0, 0.1) is 0 Å². The van der Waals surface area contributed by atoms with Crippen LogP contribution < -0.4 is 11.1 Å². The Morgan fingerprint density at radius 3 is 2.72 bits per heavy atom. The minimum Gasteiger partial charge on any atom is -0.399 e. The summed E-state index contributed by atoms with van der Waals surface area (Å²) in [6.07, 6.45) is 4.82. The Balaban J connectivity index is 1.96. The quantitative estimate of drug-likeness (QED) is 0.673. The van der Waals surface area contributed by atoms with E-state index < -0.39 is 0 Å². The molecule has 1 aromatic carbocycles. The maximum absolute atomic E-state index is 11.6. The van der Waals surface area contributed by atoms with E-state index in [1.54, 1.807) is 24.4 Å². The first kappa shape index (κ1) is 12.8. The zero-order valence-electron chi connectivity index (χ0n) is 9.26. The molecule has 6 heteroatoms. The SMILES string of the molecule is Nc1ccc(/C=C/C(=O)Nc2ncc(Br)s2)cc1. The highest BCUT2D eigenvalue weighted by atomic mass is 79.9. The van der Waals surface area contributed by atoms with Crippen molar-refractivity contribution in [2.45, 2.75) is 0 Å². The van der Waals surface area contributed by atoms with Crippen molar-refractivity contribution in [1.29, 1.82) is 0 Å². The second-order valence-electron chi connectivity index (χ2n) is 3.46. The van der Waals surface area contributed by atoms with Crippen LogP contribution in [-0.4, -0.2) is 10.9 Å². The average Bonchev–Trinajstić information content (AvgIpc) is 2.74. The summed E-state index contributed by atoms with van der Waals surface area (Å²) in [6, 6.07) is 7.27. The highest BCUT2D eigenvalue weighted by Crippen LogP contribution is 2.22. The van der Waals surface area contributed by atoms with Crippen LogP contribution in [0.2, 0.25) is 0 Å². The van der Waals surface area contributed by atoms with E-state index in [4.69, 9.17) is 5.73 Å². The van der Waals surface area contributed by atoms with E-state index >= 15 is 0 Å². The van der Waals surface area contributed by atoms with Crippen molar-refractivity contribution in [3.63, 3.8) is 0 Å². The van der Waals surface area contributed by atoms with Crippen LogP contribution in [0.5, 0.6) is 0 Å². The van der Waals surface area contributed by atoms with Gasteiger partial charge in [0, 0.05) is 11.8 Å². The number of carbonyl (C=O) groups is 1. The lowest BCUT2D eigenvalue weighted by atomic mass is 10.2. The van der Waals surface area contributed by atoms with Crippen LogP contribution >= 0.6 is 27.3 Å². The molecule has 0 spiro atoms. The predicted octanol–water partition coefficient (Wildman–Crippen LogP) is 3.14. The van der Waals surface area contributed by atoms with Crippen molar-refractivity contribution in [2.24, 2.45) is 0 Å². The molecule has 0 aliphatic heterocycles. The molecule has 1 amide bonds. The highest BCUT2D eigenvalue weighted by Gasteiger charge is 2.02. The second-order valence-corrected chi connectivity index (χ2v) is 5.87. The molecule has 18 heavy (non-hydrogen) atoms. The summed E-state index contributed by atoms with van der Waals surface area (Å²) in [6.45, 7) is 0. The number of halogens is 1. The molecule has 0 aliphatic carbocycles. The Labute approximate surface area is 117 Å². The molecule has 0 aliphatic rings. The molecule has 0 fully saturated rings. The number of amides is 1. The number of nitrogens with two attached hydrogens (primary N) is 1. The molecule has 1 aromatic heterocycles. The van der Waals surface area contributed by atoms with Gasteiger partial charge in [0.05, 0.1) is 9.98 Å². The number of rotatable bonds is 3. The van der Waals surface area contributed by atoms with Crippen LogP contribution in [0.3, 0.4) is 0 Å². The summed E-state index contributed by atoms with van der Waals surface area (Å²) in [5.41, 5.74) is 7.19. The fourth-order valence-corrected chi connectivity index (χ4v) is 2.35. The van der Waals surface area contributed by atoms with Crippen LogP contribution in [0.25, 0.3) is 6.08 Å². The zero-order chi connectivity index (χ0) is 13.0. The number of thiazole rings is 1. The molecule has 0 bridgehead atoms. The third kappa shape index (κ3) is 3.68. The van der Waals surface area contributed by atoms with E-state index in [2.05, 4.69) is 26.2 Å². The average molecular weight is 324 g/mol. The summed E-state index contributed by atoms with van der Waals surface area (Å²) in [7, 11) is 0. The monoisotopic (exact) mass is 323 g/mol. The molecule has 4 nitrogen and oxygen atoms in total. The number of benzene rings is 1. The largest absolute Gasteiger partial charge is 0.399 e. The Bertz CT molecular complexity index is 577. The van der Waals surface area contributed by atoms with Crippen LogP contribution in [-0.2, 0) is 4.79 Å². The van der Waals surface area contributed by atoms with Crippen molar-refractivity contribution < 1.29 is 4.79 Å². The number of carbonyl (C=O) groups excluding carboxylic acids is 1. The Kier molecular flexibility index (Phi) is 4.11. The van der Waals surface area contributed by atoms with Gasteiger partial charge in [-0.05, 0) is 39.7 Å². The minimum atomic E-state index is -0.214. The van der Waals surface area contributed by atoms with Crippen molar-refractivity contribution >= 4 is 50.1 Å².